The summed E-state index contributed by atoms with van der Waals surface area (Å²) < 4.78 is 14.1. The van der Waals surface area contributed by atoms with Gasteiger partial charge in [-0.15, -0.1) is 0 Å². The van der Waals surface area contributed by atoms with Crippen LogP contribution in [0.2, 0.25) is 0 Å². The second-order valence-electron chi connectivity index (χ2n) is 6.89. The van der Waals surface area contributed by atoms with Gasteiger partial charge >= 0.3 is 0 Å². The number of hydrogen-bond acceptors (Lipinski definition) is 8. The summed E-state index contributed by atoms with van der Waals surface area (Å²) in [4.78, 5) is 13.4. The lowest BCUT2D eigenvalue weighted by atomic mass is 10.2. The van der Waals surface area contributed by atoms with Crippen molar-refractivity contribution in [2.45, 2.75) is 18.8 Å². The van der Waals surface area contributed by atoms with Crippen LogP contribution >= 0.6 is 0 Å². The number of hydrogen-bond donors (Lipinski definition) is 1. The molecule has 0 aromatic carbocycles. The summed E-state index contributed by atoms with van der Waals surface area (Å²) in [5.74, 6) is 2.73. The number of nitrogens with zero attached hydrogens (tertiary/aromatic N) is 7. The molecular formula is C19H20N8O2. The molecule has 4 aromatic heterocycles. The Morgan fingerprint density at radius 3 is 2.79 bits per heavy atom. The van der Waals surface area contributed by atoms with E-state index in [0.717, 1.165) is 35.3 Å². The van der Waals surface area contributed by atoms with E-state index in [0.29, 0.717) is 29.3 Å². The van der Waals surface area contributed by atoms with Gasteiger partial charge in [-0.1, -0.05) is 0 Å². The molecule has 0 unspecified atom stereocenters. The van der Waals surface area contributed by atoms with Crippen LogP contribution in [0.15, 0.2) is 30.7 Å². The average Bonchev–Trinajstić information content (AvgIpc) is 3.41. The topological polar surface area (TPSA) is 105 Å². The van der Waals surface area contributed by atoms with Gasteiger partial charge in [-0.2, -0.15) is 15.2 Å². The lowest BCUT2D eigenvalue weighted by molar-refractivity contribution is 0.395. The number of methoxy groups -OCH3 is 2. The fraction of sp³-hybridized carbons (Fsp3) is 0.316. The first kappa shape index (κ1) is 17.4. The van der Waals surface area contributed by atoms with Crippen molar-refractivity contribution >= 4 is 22.5 Å². The fourth-order valence-corrected chi connectivity index (χ4v) is 3.26. The molecule has 0 spiro atoms. The van der Waals surface area contributed by atoms with Gasteiger partial charge in [-0.25, -0.2) is 14.6 Å². The maximum absolute atomic E-state index is 5.52. The Morgan fingerprint density at radius 1 is 1.17 bits per heavy atom. The monoisotopic (exact) mass is 392 g/mol. The lowest BCUT2D eigenvalue weighted by Gasteiger charge is -2.08. The van der Waals surface area contributed by atoms with Crippen molar-refractivity contribution in [2.75, 3.05) is 19.5 Å². The predicted molar refractivity (Wildman–Crippen MR) is 106 cm³/mol. The van der Waals surface area contributed by atoms with Gasteiger partial charge in [0.15, 0.2) is 5.65 Å². The van der Waals surface area contributed by atoms with E-state index in [4.69, 9.17) is 14.6 Å². The average molecular weight is 392 g/mol. The molecule has 1 saturated carbocycles. The van der Waals surface area contributed by atoms with Crippen molar-refractivity contribution in [3.05, 3.63) is 36.4 Å². The highest BCUT2D eigenvalue weighted by Crippen LogP contribution is 2.43. The van der Waals surface area contributed by atoms with Gasteiger partial charge in [0, 0.05) is 31.3 Å². The van der Waals surface area contributed by atoms with E-state index in [1.165, 1.54) is 0 Å². The highest BCUT2D eigenvalue weighted by molar-refractivity contribution is 5.84. The van der Waals surface area contributed by atoms with Gasteiger partial charge in [0.1, 0.15) is 11.6 Å². The molecule has 0 radical (unpaired) electrons. The SMILES string of the molecule is COc1ccnc(-n2cc(Nc3cc(OC)c4cnn(C)c4n3)c(C3CC3)n2)n1. The third-order valence-electron chi connectivity index (χ3n) is 4.89. The van der Waals surface area contributed by atoms with Gasteiger partial charge in [0.25, 0.3) is 5.95 Å². The third kappa shape index (κ3) is 3.12. The Balaban J connectivity index is 1.55. The Hall–Kier alpha value is -3.69. The quantitative estimate of drug-likeness (QED) is 0.534. The predicted octanol–water partition coefficient (Wildman–Crippen LogP) is 2.58. The van der Waals surface area contributed by atoms with Crippen LogP contribution in [0.1, 0.15) is 24.5 Å². The number of ether oxygens (including phenoxy) is 2. The van der Waals surface area contributed by atoms with Crippen LogP contribution in [0, 0.1) is 0 Å². The van der Waals surface area contributed by atoms with Crippen LogP contribution in [-0.2, 0) is 7.05 Å². The van der Waals surface area contributed by atoms with Gasteiger partial charge in [-0.3, -0.25) is 4.68 Å². The first-order valence-corrected chi connectivity index (χ1v) is 9.27. The van der Waals surface area contributed by atoms with Gasteiger partial charge in [0.2, 0.25) is 5.88 Å². The highest BCUT2D eigenvalue weighted by Gasteiger charge is 2.30. The molecule has 10 heteroatoms. The van der Waals surface area contributed by atoms with Crippen molar-refractivity contribution in [1.82, 2.24) is 34.5 Å². The van der Waals surface area contributed by atoms with Crippen LogP contribution in [0.5, 0.6) is 11.6 Å². The van der Waals surface area contributed by atoms with E-state index in [1.54, 1.807) is 42.0 Å². The lowest BCUT2D eigenvalue weighted by Crippen LogP contribution is -2.03. The van der Waals surface area contributed by atoms with E-state index >= 15 is 0 Å². The zero-order chi connectivity index (χ0) is 20.0. The number of aromatic nitrogens is 7. The van der Waals surface area contributed by atoms with Crippen molar-refractivity contribution in [3.8, 4) is 17.6 Å². The number of fused-ring (bicyclic) bond motifs is 1. The zero-order valence-corrected chi connectivity index (χ0v) is 16.3. The second-order valence-corrected chi connectivity index (χ2v) is 6.89. The molecule has 29 heavy (non-hydrogen) atoms. The Labute approximate surface area is 166 Å². The summed E-state index contributed by atoms with van der Waals surface area (Å²) in [6, 6.07) is 3.56. The molecule has 0 bridgehead atoms. The van der Waals surface area contributed by atoms with Crippen LogP contribution in [-0.4, -0.2) is 48.7 Å². The van der Waals surface area contributed by atoms with Gasteiger partial charge in [0.05, 0.1) is 43.4 Å². The Bertz CT molecular complexity index is 1190. The van der Waals surface area contributed by atoms with Crippen molar-refractivity contribution in [3.63, 3.8) is 0 Å². The molecule has 1 aliphatic carbocycles. The molecule has 5 rings (SSSR count). The molecular weight excluding hydrogens is 372 g/mol. The minimum absolute atomic E-state index is 0.423. The molecule has 0 saturated heterocycles. The number of anilines is 2. The van der Waals surface area contributed by atoms with Crippen LogP contribution in [0.3, 0.4) is 0 Å². The minimum atomic E-state index is 0.423. The summed E-state index contributed by atoms with van der Waals surface area (Å²) >= 11 is 0. The Morgan fingerprint density at radius 2 is 2.03 bits per heavy atom. The van der Waals surface area contributed by atoms with Crippen molar-refractivity contribution in [1.29, 1.82) is 0 Å². The van der Waals surface area contributed by atoms with Crippen LogP contribution in [0.4, 0.5) is 11.5 Å². The molecule has 1 aliphatic rings. The first-order valence-electron chi connectivity index (χ1n) is 9.27. The molecule has 148 valence electrons. The number of pyridine rings is 1. The fourth-order valence-electron chi connectivity index (χ4n) is 3.26. The number of rotatable bonds is 6. The molecule has 0 atom stereocenters. The Kier molecular flexibility index (Phi) is 4.04. The second kappa shape index (κ2) is 6.73. The standard InChI is InChI=1S/C19H20N8O2/c1-26-18-12(9-21-26)14(28-2)8-15(23-18)22-13-10-27(25-17(13)11-4-5-11)19-20-7-6-16(24-19)29-3/h6-11H,4-5H2,1-3H3,(H,22,23). The summed E-state index contributed by atoms with van der Waals surface area (Å²) in [6.45, 7) is 0. The maximum Gasteiger partial charge on any atom is 0.253 e. The van der Waals surface area contributed by atoms with Crippen molar-refractivity contribution in [2.24, 2.45) is 7.05 Å². The first-order chi connectivity index (χ1) is 14.2. The number of aryl methyl sites for hydroxylation is 1. The van der Waals surface area contributed by atoms with E-state index in [1.807, 2.05) is 19.3 Å². The molecule has 4 aromatic rings. The van der Waals surface area contributed by atoms with Crippen LogP contribution < -0.4 is 14.8 Å². The molecule has 4 heterocycles. The van der Waals surface area contributed by atoms with E-state index in [2.05, 4.69) is 25.4 Å². The molecule has 1 fully saturated rings. The summed E-state index contributed by atoms with van der Waals surface area (Å²) in [5.41, 5.74) is 2.58. The zero-order valence-electron chi connectivity index (χ0n) is 16.3. The highest BCUT2D eigenvalue weighted by atomic mass is 16.5. The third-order valence-corrected chi connectivity index (χ3v) is 4.89. The summed E-state index contributed by atoms with van der Waals surface area (Å²) in [5, 5.41) is 13.3. The molecule has 0 amide bonds. The molecule has 0 aliphatic heterocycles. The van der Waals surface area contributed by atoms with E-state index in [9.17, 15) is 0 Å². The molecule has 10 nitrogen and oxygen atoms in total. The van der Waals surface area contributed by atoms with Gasteiger partial charge in [-0.05, 0) is 12.8 Å². The summed E-state index contributed by atoms with van der Waals surface area (Å²) in [6.07, 6.45) is 7.50. The van der Waals surface area contributed by atoms with E-state index in [-0.39, 0.29) is 0 Å². The smallest absolute Gasteiger partial charge is 0.253 e. The maximum atomic E-state index is 5.52. The number of nitrogens with one attached hydrogen (secondary N) is 1. The minimum Gasteiger partial charge on any atom is -0.496 e. The normalized spacial score (nSPS) is 13.6. The molecule has 1 N–H and O–H groups in total. The van der Waals surface area contributed by atoms with E-state index < -0.39 is 0 Å². The van der Waals surface area contributed by atoms with Gasteiger partial charge < -0.3 is 14.8 Å². The van der Waals surface area contributed by atoms with Crippen molar-refractivity contribution < 1.29 is 9.47 Å². The van der Waals surface area contributed by atoms with Crippen LogP contribution in [0.25, 0.3) is 17.0 Å². The largest absolute Gasteiger partial charge is 0.496 e. The summed E-state index contributed by atoms with van der Waals surface area (Å²) in [7, 11) is 5.07.